The zero-order valence-corrected chi connectivity index (χ0v) is 6.79. The predicted octanol–water partition coefficient (Wildman–Crippen LogP) is 2.23. The number of fused-ring (bicyclic) bond motifs is 1. The van der Waals surface area contributed by atoms with Crippen molar-refractivity contribution >= 4 is 10.9 Å². The summed E-state index contributed by atoms with van der Waals surface area (Å²) in [6, 6.07) is 12.1. The summed E-state index contributed by atoms with van der Waals surface area (Å²) >= 11 is 0. The maximum atomic E-state index is 4.18. The monoisotopic (exact) mass is 187 g/mol. The summed E-state index contributed by atoms with van der Waals surface area (Å²) in [5.41, 5.74) is 1.06. The van der Waals surface area contributed by atoms with Crippen LogP contribution < -0.4 is 0 Å². The van der Waals surface area contributed by atoms with Crippen LogP contribution in [0, 0.1) is 0 Å². The quantitative estimate of drug-likeness (QED) is 0.577. The van der Waals surface area contributed by atoms with Gasteiger partial charge in [-0.2, -0.15) is 0 Å². The Kier molecular flexibility index (Phi) is 2.61. The van der Waals surface area contributed by atoms with Crippen LogP contribution in [-0.4, -0.2) is 4.98 Å². The van der Waals surface area contributed by atoms with E-state index in [9.17, 15) is 0 Å². The van der Waals surface area contributed by atoms with Crippen molar-refractivity contribution in [1.82, 2.24) is 4.98 Å². The molecule has 0 aliphatic heterocycles. The molecule has 0 N–H and O–H groups in total. The van der Waals surface area contributed by atoms with Crippen molar-refractivity contribution in [3.05, 3.63) is 42.6 Å². The van der Waals surface area contributed by atoms with Crippen LogP contribution in [0.4, 0.5) is 0 Å². The van der Waals surface area contributed by atoms with E-state index in [1.807, 2.05) is 30.5 Å². The van der Waals surface area contributed by atoms with E-state index >= 15 is 0 Å². The van der Waals surface area contributed by atoms with E-state index in [1.165, 1.54) is 5.39 Å². The molecule has 0 amide bonds. The van der Waals surface area contributed by atoms with Gasteiger partial charge in [-0.3, -0.25) is 4.98 Å². The van der Waals surface area contributed by atoms with Crippen molar-refractivity contribution in [2.24, 2.45) is 0 Å². The average Bonchev–Trinajstić information content (AvgIpc) is 2.05. The Morgan fingerprint density at radius 2 is 1.64 bits per heavy atom. The third kappa shape index (κ3) is 1.58. The molecule has 58 valence electrons. The summed E-state index contributed by atoms with van der Waals surface area (Å²) in [5.74, 6) is 0. The summed E-state index contributed by atoms with van der Waals surface area (Å²) in [6.45, 7) is 0. The second-order valence-electron chi connectivity index (χ2n) is 2.20. The smallest absolute Gasteiger partial charge is 0.0701 e. The normalized spacial score (nSPS) is 9.09. The van der Waals surface area contributed by atoms with E-state index < -0.39 is 0 Å². The van der Waals surface area contributed by atoms with Gasteiger partial charge in [-0.1, -0.05) is 24.3 Å². The predicted molar refractivity (Wildman–Crippen MR) is 41.7 cm³/mol. The summed E-state index contributed by atoms with van der Waals surface area (Å²) < 4.78 is 0. The van der Waals surface area contributed by atoms with Crippen LogP contribution in [0.3, 0.4) is 0 Å². The fraction of sp³-hybridized carbons (Fsp3) is 0. The van der Waals surface area contributed by atoms with Crippen LogP contribution in [0.1, 0.15) is 0 Å². The number of rotatable bonds is 0. The topological polar surface area (TPSA) is 12.9 Å². The molecule has 0 aliphatic carbocycles. The fourth-order valence-corrected chi connectivity index (χ4v) is 1.02. The van der Waals surface area contributed by atoms with Gasteiger partial charge in [0.05, 0.1) is 5.52 Å². The van der Waals surface area contributed by atoms with E-state index in [-0.39, 0.29) is 16.5 Å². The van der Waals surface area contributed by atoms with Crippen molar-refractivity contribution in [1.29, 1.82) is 0 Å². The Hall–Kier alpha value is -0.876. The number of nitrogens with zero attached hydrogens (tertiary/aromatic N) is 1. The summed E-state index contributed by atoms with van der Waals surface area (Å²) in [5, 5.41) is 1.20. The minimum Gasteiger partial charge on any atom is -0.256 e. The van der Waals surface area contributed by atoms with E-state index in [1.54, 1.807) is 0 Å². The number of hydrogen-bond donors (Lipinski definition) is 0. The standard InChI is InChI=1S/C9H7N.Ni/c1-2-6-9-8(4-1)5-3-7-10-9;/h1-7H;. The van der Waals surface area contributed by atoms with Gasteiger partial charge in [-0.25, -0.2) is 0 Å². The summed E-state index contributed by atoms with van der Waals surface area (Å²) in [7, 11) is 0. The Morgan fingerprint density at radius 1 is 0.909 bits per heavy atom. The Morgan fingerprint density at radius 3 is 2.45 bits per heavy atom. The Bertz CT molecular complexity index is 281. The zero-order valence-electron chi connectivity index (χ0n) is 5.80. The molecule has 0 spiro atoms. The summed E-state index contributed by atoms with van der Waals surface area (Å²) in [6.07, 6.45) is 1.81. The van der Waals surface area contributed by atoms with Crippen molar-refractivity contribution in [2.75, 3.05) is 0 Å². The molecule has 2 heteroatoms. The first-order valence-corrected chi connectivity index (χ1v) is 3.26. The Labute approximate surface area is 75.4 Å². The van der Waals surface area contributed by atoms with Crippen LogP contribution in [0.5, 0.6) is 0 Å². The molecular formula is C9H7NNi. The largest absolute Gasteiger partial charge is 0.256 e. The third-order valence-corrected chi connectivity index (χ3v) is 1.51. The van der Waals surface area contributed by atoms with Crippen LogP contribution in [0.25, 0.3) is 10.9 Å². The molecule has 0 atom stereocenters. The third-order valence-electron chi connectivity index (χ3n) is 1.51. The molecule has 1 heterocycles. The van der Waals surface area contributed by atoms with Gasteiger partial charge in [-0.15, -0.1) is 0 Å². The first kappa shape index (κ1) is 8.22. The molecule has 1 nitrogen and oxygen atoms in total. The van der Waals surface area contributed by atoms with Gasteiger partial charge in [0.2, 0.25) is 0 Å². The van der Waals surface area contributed by atoms with Crippen LogP contribution in [-0.2, 0) is 16.5 Å². The van der Waals surface area contributed by atoms with E-state index in [2.05, 4.69) is 17.1 Å². The number of benzene rings is 1. The van der Waals surface area contributed by atoms with Gasteiger partial charge in [0.25, 0.3) is 0 Å². The molecule has 0 fully saturated rings. The molecule has 0 aliphatic rings. The molecular weight excluding hydrogens is 181 g/mol. The van der Waals surface area contributed by atoms with Gasteiger partial charge < -0.3 is 0 Å². The molecule has 1 aromatic heterocycles. The van der Waals surface area contributed by atoms with Crippen molar-refractivity contribution < 1.29 is 16.5 Å². The van der Waals surface area contributed by atoms with E-state index in [4.69, 9.17) is 0 Å². The van der Waals surface area contributed by atoms with Gasteiger partial charge in [0.15, 0.2) is 0 Å². The molecule has 2 aromatic rings. The maximum absolute atomic E-state index is 4.18. The number of para-hydroxylation sites is 1. The van der Waals surface area contributed by atoms with Gasteiger partial charge in [0.1, 0.15) is 0 Å². The van der Waals surface area contributed by atoms with E-state index in [0.717, 1.165) is 5.52 Å². The van der Waals surface area contributed by atoms with Gasteiger partial charge in [-0.05, 0) is 12.1 Å². The van der Waals surface area contributed by atoms with Crippen LogP contribution >= 0.6 is 0 Å². The van der Waals surface area contributed by atoms with Gasteiger partial charge >= 0.3 is 0 Å². The zero-order chi connectivity index (χ0) is 6.81. The minimum absolute atomic E-state index is 0. The molecule has 0 saturated heterocycles. The van der Waals surface area contributed by atoms with E-state index in [0.29, 0.717) is 0 Å². The molecule has 0 radical (unpaired) electrons. The second kappa shape index (κ2) is 3.50. The first-order chi connectivity index (χ1) is 4.97. The number of hydrogen-bond acceptors (Lipinski definition) is 1. The number of aromatic nitrogens is 1. The van der Waals surface area contributed by atoms with Crippen LogP contribution in [0.15, 0.2) is 42.6 Å². The summed E-state index contributed by atoms with van der Waals surface area (Å²) in [4.78, 5) is 4.18. The second-order valence-corrected chi connectivity index (χ2v) is 2.20. The average molecular weight is 188 g/mol. The minimum atomic E-state index is 0. The molecule has 11 heavy (non-hydrogen) atoms. The van der Waals surface area contributed by atoms with Gasteiger partial charge in [0, 0.05) is 28.1 Å². The molecule has 0 saturated carbocycles. The molecule has 1 aromatic carbocycles. The van der Waals surface area contributed by atoms with Crippen molar-refractivity contribution in [3.8, 4) is 0 Å². The van der Waals surface area contributed by atoms with Crippen molar-refractivity contribution in [2.45, 2.75) is 0 Å². The fourth-order valence-electron chi connectivity index (χ4n) is 1.02. The maximum Gasteiger partial charge on any atom is 0.0701 e. The molecule has 0 bridgehead atoms. The SMILES string of the molecule is [Ni].c1ccc2ncccc2c1. The number of pyridine rings is 1. The molecule has 2 rings (SSSR count). The molecule has 0 unspecified atom stereocenters. The Balaban J connectivity index is 0.000000605. The van der Waals surface area contributed by atoms with Crippen molar-refractivity contribution in [3.63, 3.8) is 0 Å². The van der Waals surface area contributed by atoms with Crippen LogP contribution in [0.2, 0.25) is 0 Å². The first-order valence-electron chi connectivity index (χ1n) is 3.26.